The second-order valence-electron chi connectivity index (χ2n) is 5.71. The number of hydrogen-bond donors (Lipinski definition) is 2. The first-order valence-corrected chi connectivity index (χ1v) is 7.45. The summed E-state index contributed by atoms with van der Waals surface area (Å²) in [6.07, 6.45) is 1.42. The molecule has 0 spiro atoms. The van der Waals surface area contributed by atoms with Gasteiger partial charge in [-0.05, 0) is 30.5 Å². The zero-order chi connectivity index (χ0) is 16.1. The molecular weight excluding hydrogens is 282 g/mol. The third-order valence-electron chi connectivity index (χ3n) is 3.74. The molecule has 0 unspecified atom stereocenters. The maximum Gasteiger partial charge on any atom is 0.253 e. The highest BCUT2D eigenvalue weighted by Crippen LogP contribution is 2.20. The molecule has 120 valence electrons. The molecule has 2 amide bonds. The Bertz CT molecular complexity index is 528. The second-order valence-corrected chi connectivity index (χ2v) is 5.71. The van der Waals surface area contributed by atoms with Crippen LogP contribution in [0.5, 0.6) is 0 Å². The van der Waals surface area contributed by atoms with Gasteiger partial charge in [0.1, 0.15) is 6.10 Å². The van der Waals surface area contributed by atoms with Crippen molar-refractivity contribution in [3.63, 3.8) is 0 Å². The van der Waals surface area contributed by atoms with Gasteiger partial charge in [-0.25, -0.2) is 0 Å². The third kappa shape index (κ3) is 4.29. The molecule has 0 aromatic heterocycles. The van der Waals surface area contributed by atoms with E-state index in [0.29, 0.717) is 25.1 Å². The van der Waals surface area contributed by atoms with Crippen LogP contribution in [0, 0.1) is 0 Å². The summed E-state index contributed by atoms with van der Waals surface area (Å²) in [4.78, 5) is 25.3. The number of nitrogens with zero attached hydrogens (tertiary/aromatic N) is 1. The molecule has 1 aromatic carbocycles. The number of anilines is 1. The predicted octanol–water partition coefficient (Wildman–Crippen LogP) is 0.762. The van der Waals surface area contributed by atoms with Crippen LogP contribution in [0.4, 0.5) is 5.69 Å². The van der Waals surface area contributed by atoms with Crippen molar-refractivity contribution in [2.75, 3.05) is 26.0 Å². The zero-order valence-corrected chi connectivity index (χ0v) is 13.0. The lowest BCUT2D eigenvalue weighted by molar-refractivity contribution is -0.128. The predicted molar refractivity (Wildman–Crippen MR) is 84.4 cm³/mol. The zero-order valence-electron chi connectivity index (χ0n) is 13.0. The molecule has 0 saturated carbocycles. The van der Waals surface area contributed by atoms with Crippen LogP contribution in [-0.4, -0.2) is 49.6 Å². The summed E-state index contributed by atoms with van der Waals surface area (Å²) in [6.45, 7) is 0.443. The van der Waals surface area contributed by atoms with E-state index in [1.807, 2.05) is 12.1 Å². The number of likely N-dealkylation sites (N-methyl/N-ethyl adjacent to an activating group) is 1. The molecule has 1 aromatic rings. The monoisotopic (exact) mass is 305 g/mol. The number of nitrogens with two attached hydrogens (primary N) is 1. The number of carbonyl (C=O) groups is 2. The Morgan fingerprint density at radius 1 is 1.27 bits per heavy atom. The van der Waals surface area contributed by atoms with Gasteiger partial charge < -0.3 is 20.7 Å². The van der Waals surface area contributed by atoms with Gasteiger partial charge in [-0.1, -0.05) is 12.1 Å². The first-order chi connectivity index (χ1) is 10.5. The summed E-state index contributed by atoms with van der Waals surface area (Å²) in [5, 5.41) is 2.83. The molecule has 0 aliphatic carbocycles. The highest BCUT2D eigenvalue weighted by molar-refractivity contribution is 5.94. The van der Waals surface area contributed by atoms with Crippen molar-refractivity contribution in [2.45, 2.75) is 31.5 Å². The Labute approximate surface area is 130 Å². The Hall–Kier alpha value is -1.92. The highest BCUT2D eigenvalue weighted by atomic mass is 16.5. The average Bonchev–Trinajstić information content (AvgIpc) is 2.98. The minimum absolute atomic E-state index is 0.0184. The fourth-order valence-electron chi connectivity index (χ4n) is 2.33. The molecule has 1 aliphatic rings. The van der Waals surface area contributed by atoms with Crippen LogP contribution in [0.2, 0.25) is 0 Å². The number of rotatable bonds is 5. The molecule has 1 fully saturated rings. The topological polar surface area (TPSA) is 84.7 Å². The summed E-state index contributed by atoms with van der Waals surface area (Å²) in [5.41, 5.74) is 7.15. The number of carbonyl (C=O) groups excluding carboxylic acids is 2. The standard InChI is InChI=1S/C16H23N3O3/c1-19(2)15(20)9-11-3-5-12(6-4-11)18-16(21)14-8-7-13(10-17)22-14/h3-6,13-14H,7-10,17H2,1-2H3,(H,18,21)/t13-,14+/m1/s1. The smallest absolute Gasteiger partial charge is 0.253 e. The van der Waals surface area contributed by atoms with E-state index in [2.05, 4.69) is 5.32 Å². The van der Waals surface area contributed by atoms with Gasteiger partial charge in [0, 0.05) is 26.3 Å². The molecule has 1 aliphatic heterocycles. The molecular formula is C16H23N3O3. The van der Waals surface area contributed by atoms with Crippen molar-refractivity contribution in [2.24, 2.45) is 5.73 Å². The normalized spacial score (nSPS) is 20.7. The lowest BCUT2D eigenvalue weighted by atomic mass is 10.1. The number of nitrogens with one attached hydrogen (secondary N) is 1. The highest BCUT2D eigenvalue weighted by Gasteiger charge is 2.29. The van der Waals surface area contributed by atoms with Crippen molar-refractivity contribution < 1.29 is 14.3 Å². The quantitative estimate of drug-likeness (QED) is 0.841. The van der Waals surface area contributed by atoms with E-state index in [9.17, 15) is 9.59 Å². The molecule has 2 atom stereocenters. The van der Waals surface area contributed by atoms with Gasteiger partial charge in [-0.2, -0.15) is 0 Å². The largest absolute Gasteiger partial charge is 0.364 e. The van der Waals surface area contributed by atoms with Crippen LogP contribution in [0.1, 0.15) is 18.4 Å². The number of ether oxygens (including phenoxy) is 1. The van der Waals surface area contributed by atoms with Crippen molar-refractivity contribution in [1.29, 1.82) is 0 Å². The summed E-state index contributed by atoms with van der Waals surface area (Å²) < 4.78 is 5.56. The molecule has 3 N–H and O–H groups in total. The summed E-state index contributed by atoms with van der Waals surface area (Å²) >= 11 is 0. The summed E-state index contributed by atoms with van der Waals surface area (Å²) in [7, 11) is 3.46. The van der Waals surface area contributed by atoms with Crippen molar-refractivity contribution in [3.8, 4) is 0 Å². The molecule has 1 heterocycles. The maximum atomic E-state index is 12.1. The first-order valence-electron chi connectivity index (χ1n) is 7.45. The van der Waals surface area contributed by atoms with Gasteiger partial charge in [-0.3, -0.25) is 9.59 Å². The SMILES string of the molecule is CN(C)C(=O)Cc1ccc(NC(=O)[C@@H]2CC[C@H](CN)O2)cc1. The van der Waals surface area contributed by atoms with Gasteiger partial charge in [0.15, 0.2) is 0 Å². The van der Waals surface area contributed by atoms with Crippen LogP contribution in [0.15, 0.2) is 24.3 Å². The van der Waals surface area contributed by atoms with Crippen LogP contribution in [0.3, 0.4) is 0 Å². The van der Waals surface area contributed by atoms with E-state index in [-0.39, 0.29) is 17.9 Å². The second kappa shape index (κ2) is 7.38. The molecule has 0 bridgehead atoms. The minimum Gasteiger partial charge on any atom is -0.364 e. The van der Waals surface area contributed by atoms with E-state index in [1.54, 1.807) is 31.1 Å². The summed E-state index contributed by atoms with van der Waals surface area (Å²) in [5.74, 6) is -0.1000. The van der Waals surface area contributed by atoms with Crippen molar-refractivity contribution in [1.82, 2.24) is 4.90 Å². The Morgan fingerprint density at radius 3 is 2.50 bits per heavy atom. The maximum absolute atomic E-state index is 12.1. The number of hydrogen-bond acceptors (Lipinski definition) is 4. The fraction of sp³-hybridized carbons (Fsp3) is 0.500. The molecule has 0 radical (unpaired) electrons. The fourth-order valence-corrected chi connectivity index (χ4v) is 2.33. The lowest BCUT2D eigenvalue weighted by Gasteiger charge is -2.13. The van der Waals surface area contributed by atoms with Crippen LogP contribution in [-0.2, 0) is 20.7 Å². The number of benzene rings is 1. The molecule has 6 nitrogen and oxygen atoms in total. The summed E-state index contributed by atoms with van der Waals surface area (Å²) in [6, 6.07) is 7.28. The first kappa shape index (κ1) is 16.5. The van der Waals surface area contributed by atoms with E-state index >= 15 is 0 Å². The Morgan fingerprint density at radius 2 is 1.95 bits per heavy atom. The van der Waals surface area contributed by atoms with Crippen LogP contribution in [0.25, 0.3) is 0 Å². The average molecular weight is 305 g/mol. The van der Waals surface area contributed by atoms with Crippen LogP contribution < -0.4 is 11.1 Å². The number of amides is 2. The van der Waals surface area contributed by atoms with E-state index in [1.165, 1.54) is 0 Å². The molecule has 22 heavy (non-hydrogen) atoms. The lowest BCUT2D eigenvalue weighted by Crippen LogP contribution is -2.29. The van der Waals surface area contributed by atoms with E-state index in [4.69, 9.17) is 10.5 Å². The molecule has 2 rings (SSSR count). The van der Waals surface area contributed by atoms with Gasteiger partial charge in [0.05, 0.1) is 12.5 Å². The van der Waals surface area contributed by atoms with Gasteiger partial charge in [0.25, 0.3) is 5.91 Å². The van der Waals surface area contributed by atoms with Gasteiger partial charge in [-0.15, -0.1) is 0 Å². The molecule has 6 heteroatoms. The Balaban J connectivity index is 1.88. The third-order valence-corrected chi connectivity index (χ3v) is 3.74. The molecule has 1 saturated heterocycles. The van der Waals surface area contributed by atoms with Crippen molar-refractivity contribution >= 4 is 17.5 Å². The van der Waals surface area contributed by atoms with Gasteiger partial charge >= 0.3 is 0 Å². The van der Waals surface area contributed by atoms with Crippen molar-refractivity contribution in [3.05, 3.63) is 29.8 Å². The van der Waals surface area contributed by atoms with Gasteiger partial charge in [0.2, 0.25) is 5.91 Å². The minimum atomic E-state index is -0.427. The van der Waals surface area contributed by atoms with E-state index < -0.39 is 6.10 Å². The Kier molecular flexibility index (Phi) is 5.51. The van der Waals surface area contributed by atoms with E-state index in [0.717, 1.165) is 12.0 Å². The van der Waals surface area contributed by atoms with Crippen LogP contribution >= 0.6 is 0 Å².